The van der Waals surface area contributed by atoms with Crippen LogP contribution in [0.25, 0.3) is 0 Å². The van der Waals surface area contributed by atoms with Crippen LogP contribution in [-0.4, -0.2) is 55.4 Å². The predicted molar refractivity (Wildman–Crippen MR) is 119 cm³/mol. The Balaban J connectivity index is 0.00000280. The summed E-state index contributed by atoms with van der Waals surface area (Å²) in [5.74, 6) is 0.813. The highest BCUT2D eigenvalue weighted by molar-refractivity contribution is 6.30. The summed E-state index contributed by atoms with van der Waals surface area (Å²) in [6.07, 6.45) is 0.527. The zero-order chi connectivity index (χ0) is 19.2. The van der Waals surface area contributed by atoms with Gasteiger partial charge in [-0.3, -0.25) is 4.90 Å². The molecule has 6 heteroatoms. The predicted octanol–water partition coefficient (Wildman–Crippen LogP) is 4.19. The summed E-state index contributed by atoms with van der Waals surface area (Å²) in [4.78, 5) is 4.67. The number of ether oxygens (including phenoxy) is 1. The smallest absolute Gasteiger partial charge is 0.119 e. The molecule has 1 saturated heterocycles. The molecule has 1 aliphatic heterocycles. The molecular weight excluding hydrogens is 395 g/mol. The number of aliphatic hydroxyl groups is 1. The van der Waals surface area contributed by atoms with Gasteiger partial charge in [-0.1, -0.05) is 36.7 Å². The van der Waals surface area contributed by atoms with E-state index in [0.717, 1.165) is 43.4 Å². The number of rotatable bonds is 7. The second-order valence-electron chi connectivity index (χ2n) is 7.18. The zero-order valence-electron chi connectivity index (χ0n) is 16.6. The van der Waals surface area contributed by atoms with Crippen molar-refractivity contribution in [3.63, 3.8) is 0 Å². The number of nitrogens with zero attached hydrogens (tertiary/aromatic N) is 2. The summed E-state index contributed by atoms with van der Waals surface area (Å²) in [6, 6.07) is 14.1. The highest BCUT2D eigenvalue weighted by atomic mass is 35.5. The molecule has 1 N–H and O–H groups in total. The molecule has 0 bridgehead atoms. The Bertz CT molecular complexity index is 732. The first-order valence-electron chi connectivity index (χ1n) is 9.68. The second-order valence-corrected chi connectivity index (χ2v) is 7.62. The molecule has 1 atom stereocenters. The fraction of sp³-hybridized carbons (Fsp3) is 0.455. The summed E-state index contributed by atoms with van der Waals surface area (Å²) >= 11 is 6.15. The molecule has 2 aromatic rings. The normalized spacial score (nSPS) is 15.8. The third kappa shape index (κ3) is 6.28. The Morgan fingerprint density at radius 3 is 2.39 bits per heavy atom. The van der Waals surface area contributed by atoms with Crippen LogP contribution in [0.1, 0.15) is 18.1 Å². The van der Waals surface area contributed by atoms with Gasteiger partial charge in [0, 0.05) is 43.4 Å². The van der Waals surface area contributed by atoms with E-state index < -0.39 is 6.10 Å². The Labute approximate surface area is 179 Å². The molecular formula is C22H30Cl2N2O2. The van der Waals surface area contributed by atoms with Crippen molar-refractivity contribution in [1.82, 2.24) is 4.90 Å². The maximum Gasteiger partial charge on any atom is 0.119 e. The second kappa shape index (κ2) is 10.9. The summed E-state index contributed by atoms with van der Waals surface area (Å²) in [7, 11) is 0. The molecule has 1 heterocycles. The molecule has 3 rings (SSSR count). The SMILES string of the molecule is CCc1ccc(OCC(O)CN2CCN(c3cc(Cl)ccc3C)CC2)cc1.Cl. The minimum Gasteiger partial charge on any atom is -0.491 e. The fourth-order valence-corrected chi connectivity index (χ4v) is 3.63. The monoisotopic (exact) mass is 424 g/mol. The molecule has 0 aromatic heterocycles. The Morgan fingerprint density at radius 2 is 1.75 bits per heavy atom. The number of benzene rings is 2. The lowest BCUT2D eigenvalue weighted by atomic mass is 10.1. The number of aliphatic hydroxyl groups excluding tert-OH is 1. The number of hydrogen-bond acceptors (Lipinski definition) is 4. The van der Waals surface area contributed by atoms with E-state index in [1.54, 1.807) is 0 Å². The van der Waals surface area contributed by atoms with Gasteiger partial charge >= 0.3 is 0 Å². The van der Waals surface area contributed by atoms with Gasteiger partial charge < -0.3 is 14.7 Å². The van der Waals surface area contributed by atoms with Gasteiger partial charge in [-0.15, -0.1) is 12.4 Å². The molecule has 1 unspecified atom stereocenters. The first-order valence-corrected chi connectivity index (χ1v) is 10.1. The van der Waals surface area contributed by atoms with Crippen molar-refractivity contribution in [2.24, 2.45) is 0 Å². The van der Waals surface area contributed by atoms with E-state index in [2.05, 4.69) is 41.8 Å². The van der Waals surface area contributed by atoms with Crippen molar-refractivity contribution in [2.75, 3.05) is 44.2 Å². The van der Waals surface area contributed by atoms with Crippen molar-refractivity contribution in [3.05, 3.63) is 58.6 Å². The summed E-state index contributed by atoms with van der Waals surface area (Å²) in [5, 5.41) is 11.1. The lowest BCUT2D eigenvalue weighted by Gasteiger charge is -2.37. The van der Waals surface area contributed by atoms with Crippen molar-refractivity contribution >= 4 is 29.7 Å². The van der Waals surface area contributed by atoms with Crippen LogP contribution in [0.4, 0.5) is 5.69 Å². The van der Waals surface area contributed by atoms with Crippen LogP contribution in [0.15, 0.2) is 42.5 Å². The van der Waals surface area contributed by atoms with Crippen molar-refractivity contribution in [2.45, 2.75) is 26.4 Å². The van der Waals surface area contributed by atoms with Crippen LogP contribution < -0.4 is 9.64 Å². The molecule has 0 aliphatic carbocycles. The summed E-state index contributed by atoms with van der Waals surface area (Å²) in [6.45, 7) is 8.93. The van der Waals surface area contributed by atoms with Crippen molar-refractivity contribution in [1.29, 1.82) is 0 Å². The van der Waals surface area contributed by atoms with Crippen LogP contribution in [-0.2, 0) is 6.42 Å². The number of anilines is 1. The van der Waals surface area contributed by atoms with Gasteiger partial charge in [0.25, 0.3) is 0 Å². The van der Waals surface area contributed by atoms with Crippen LogP contribution in [0.5, 0.6) is 5.75 Å². The van der Waals surface area contributed by atoms with Gasteiger partial charge in [0.1, 0.15) is 18.5 Å². The third-order valence-electron chi connectivity index (χ3n) is 5.13. The maximum absolute atomic E-state index is 10.3. The molecule has 0 radical (unpaired) electrons. The van der Waals surface area contributed by atoms with E-state index in [-0.39, 0.29) is 12.4 Å². The van der Waals surface area contributed by atoms with E-state index >= 15 is 0 Å². The first kappa shape index (κ1) is 22.8. The summed E-state index contributed by atoms with van der Waals surface area (Å²) in [5.41, 5.74) is 3.74. The molecule has 28 heavy (non-hydrogen) atoms. The van der Waals surface area contributed by atoms with Crippen LogP contribution >= 0.6 is 24.0 Å². The van der Waals surface area contributed by atoms with Gasteiger partial charge in [-0.25, -0.2) is 0 Å². The standard InChI is InChI=1S/C22H29ClN2O2.ClH/c1-3-18-5-8-21(9-6-18)27-16-20(26)15-24-10-12-25(13-11-24)22-14-19(23)7-4-17(22)2;/h4-9,14,20,26H,3,10-13,15-16H2,1-2H3;1H. The molecule has 4 nitrogen and oxygen atoms in total. The van der Waals surface area contributed by atoms with Gasteiger partial charge in [0.05, 0.1) is 0 Å². The number of halogens is 2. The molecule has 1 fully saturated rings. The average Bonchev–Trinajstić information content (AvgIpc) is 2.69. The average molecular weight is 425 g/mol. The lowest BCUT2D eigenvalue weighted by Crippen LogP contribution is -2.49. The maximum atomic E-state index is 10.3. The van der Waals surface area contributed by atoms with Crippen molar-refractivity contribution < 1.29 is 9.84 Å². The highest BCUT2D eigenvalue weighted by Gasteiger charge is 2.20. The molecule has 0 amide bonds. The van der Waals surface area contributed by atoms with Crippen molar-refractivity contribution in [3.8, 4) is 5.75 Å². The number of hydrogen-bond donors (Lipinski definition) is 1. The van der Waals surface area contributed by atoms with E-state index in [0.29, 0.717) is 13.2 Å². The molecule has 1 aliphatic rings. The highest BCUT2D eigenvalue weighted by Crippen LogP contribution is 2.25. The largest absolute Gasteiger partial charge is 0.491 e. The Hall–Kier alpha value is -1.46. The first-order chi connectivity index (χ1) is 13.0. The third-order valence-corrected chi connectivity index (χ3v) is 5.36. The molecule has 2 aromatic carbocycles. The summed E-state index contributed by atoms with van der Waals surface area (Å²) < 4.78 is 5.73. The van der Waals surface area contributed by atoms with Crippen LogP contribution in [0, 0.1) is 6.92 Å². The minimum atomic E-state index is -0.490. The quantitative estimate of drug-likeness (QED) is 0.722. The molecule has 154 valence electrons. The molecule has 0 saturated carbocycles. The Kier molecular flexibility index (Phi) is 8.90. The number of aryl methyl sites for hydroxylation is 2. The minimum absolute atomic E-state index is 0. The van der Waals surface area contributed by atoms with Gasteiger partial charge in [-0.05, 0) is 48.7 Å². The van der Waals surface area contributed by atoms with Crippen LogP contribution in [0.3, 0.4) is 0 Å². The van der Waals surface area contributed by atoms with E-state index in [1.165, 1.54) is 16.8 Å². The lowest BCUT2D eigenvalue weighted by molar-refractivity contribution is 0.0663. The fourth-order valence-electron chi connectivity index (χ4n) is 3.46. The van der Waals surface area contributed by atoms with E-state index in [9.17, 15) is 5.11 Å². The van der Waals surface area contributed by atoms with E-state index in [1.807, 2.05) is 24.3 Å². The zero-order valence-corrected chi connectivity index (χ0v) is 18.2. The molecule has 0 spiro atoms. The van der Waals surface area contributed by atoms with Gasteiger partial charge in [-0.2, -0.15) is 0 Å². The topological polar surface area (TPSA) is 35.9 Å². The van der Waals surface area contributed by atoms with E-state index in [4.69, 9.17) is 16.3 Å². The van der Waals surface area contributed by atoms with Gasteiger partial charge in [0.15, 0.2) is 0 Å². The number of piperazine rings is 1. The van der Waals surface area contributed by atoms with Gasteiger partial charge in [0.2, 0.25) is 0 Å². The number of β-amino-alcohol motifs (C(OH)–C–C–N with tert-alkyl or cyclic N) is 1. The Morgan fingerprint density at radius 1 is 1.07 bits per heavy atom. The van der Waals surface area contributed by atoms with Crippen LogP contribution in [0.2, 0.25) is 5.02 Å².